The molecule has 1 aromatic carbocycles. The quantitative estimate of drug-likeness (QED) is 0.731. The molecule has 0 spiro atoms. The van der Waals surface area contributed by atoms with E-state index in [1.54, 1.807) is 24.7 Å². The molecule has 2 amide bonds. The molecule has 0 aliphatic carbocycles. The van der Waals surface area contributed by atoms with E-state index in [-0.39, 0.29) is 11.8 Å². The number of benzene rings is 1. The summed E-state index contributed by atoms with van der Waals surface area (Å²) in [7, 11) is 0. The fraction of sp³-hybridized carbons (Fsp3) is 0.143. The third kappa shape index (κ3) is 4.76. The van der Waals surface area contributed by atoms with Crippen molar-refractivity contribution in [2.24, 2.45) is 0 Å². The van der Waals surface area contributed by atoms with Crippen LogP contribution in [0.4, 0.5) is 5.69 Å². The van der Waals surface area contributed by atoms with Crippen molar-refractivity contribution in [3.8, 4) is 11.3 Å². The molecule has 0 aliphatic heterocycles. The van der Waals surface area contributed by atoms with Gasteiger partial charge in [-0.25, -0.2) is 0 Å². The minimum atomic E-state index is -0.185. The van der Waals surface area contributed by atoms with E-state index in [1.807, 2.05) is 43.3 Å². The SMILES string of the molecule is CC(=O)Nc1ccc(-c2ccc(C(=O)NCc3cccnc3)cn2)cc1C. The summed E-state index contributed by atoms with van der Waals surface area (Å²) in [6.07, 6.45) is 4.97. The molecule has 0 radical (unpaired) electrons. The average Bonchev–Trinajstić information content (AvgIpc) is 2.68. The van der Waals surface area contributed by atoms with Crippen molar-refractivity contribution in [1.29, 1.82) is 0 Å². The second kappa shape index (κ2) is 8.23. The van der Waals surface area contributed by atoms with Crippen molar-refractivity contribution in [1.82, 2.24) is 15.3 Å². The summed E-state index contributed by atoms with van der Waals surface area (Å²) >= 11 is 0. The normalized spacial score (nSPS) is 10.3. The maximum Gasteiger partial charge on any atom is 0.253 e. The number of aromatic nitrogens is 2. The van der Waals surface area contributed by atoms with Crippen molar-refractivity contribution < 1.29 is 9.59 Å². The van der Waals surface area contributed by atoms with Crippen LogP contribution in [0.5, 0.6) is 0 Å². The summed E-state index contributed by atoms with van der Waals surface area (Å²) in [6.45, 7) is 3.82. The van der Waals surface area contributed by atoms with Gasteiger partial charge in [0.05, 0.1) is 11.3 Å². The van der Waals surface area contributed by atoms with Crippen LogP contribution in [-0.2, 0) is 11.3 Å². The van der Waals surface area contributed by atoms with Crippen LogP contribution in [0, 0.1) is 6.92 Å². The van der Waals surface area contributed by atoms with Crippen molar-refractivity contribution in [3.63, 3.8) is 0 Å². The lowest BCUT2D eigenvalue weighted by Crippen LogP contribution is -2.22. The Kier molecular flexibility index (Phi) is 5.56. The molecular formula is C21H20N4O2. The van der Waals surface area contributed by atoms with Crippen LogP contribution >= 0.6 is 0 Å². The van der Waals surface area contributed by atoms with Crippen molar-refractivity contribution >= 4 is 17.5 Å². The molecule has 6 nitrogen and oxygen atoms in total. The number of anilines is 1. The van der Waals surface area contributed by atoms with Crippen molar-refractivity contribution in [3.05, 3.63) is 77.7 Å². The number of nitrogens with one attached hydrogen (secondary N) is 2. The van der Waals surface area contributed by atoms with Crippen LogP contribution in [0.3, 0.4) is 0 Å². The Labute approximate surface area is 157 Å². The third-order valence-corrected chi connectivity index (χ3v) is 4.03. The molecule has 0 fully saturated rings. The number of nitrogens with zero attached hydrogens (tertiary/aromatic N) is 2. The Morgan fingerprint density at radius 2 is 1.93 bits per heavy atom. The maximum atomic E-state index is 12.3. The monoisotopic (exact) mass is 360 g/mol. The summed E-state index contributed by atoms with van der Waals surface area (Å²) in [5, 5.41) is 5.64. The van der Waals surface area contributed by atoms with Gasteiger partial charge < -0.3 is 10.6 Å². The van der Waals surface area contributed by atoms with Gasteiger partial charge >= 0.3 is 0 Å². The first-order valence-electron chi connectivity index (χ1n) is 8.54. The summed E-state index contributed by atoms with van der Waals surface area (Å²) < 4.78 is 0. The topological polar surface area (TPSA) is 84.0 Å². The van der Waals surface area contributed by atoms with Crippen LogP contribution in [0.15, 0.2) is 61.1 Å². The van der Waals surface area contributed by atoms with Crippen LogP contribution in [0.2, 0.25) is 0 Å². The van der Waals surface area contributed by atoms with Gasteiger partial charge in [0, 0.05) is 43.3 Å². The lowest BCUT2D eigenvalue weighted by Gasteiger charge is -2.09. The zero-order valence-corrected chi connectivity index (χ0v) is 15.2. The molecule has 27 heavy (non-hydrogen) atoms. The minimum Gasteiger partial charge on any atom is -0.348 e. The molecule has 3 aromatic rings. The van der Waals surface area contributed by atoms with Gasteiger partial charge in [0.25, 0.3) is 5.91 Å². The summed E-state index contributed by atoms with van der Waals surface area (Å²) in [5.74, 6) is -0.291. The highest BCUT2D eigenvalue weighted by Crippen LogP contribution is 2.23. The first kappa shape index (κ1) is 18.3. The first-order valence-corrected chi connectivity index (χ1v) is 8.54. The molecule has 2 heterocycles. The molecule has 6 heteroatoms. The van der Waals surface area contributed by atoms with E-state index in [4.69, 9.17) is 0 Å². The number of amides is 2. The largest absolute Gasteiger partial charge is 0.348 e. The zero-order valence-electron chi connectivity index (χ0n) is 15.2. The van der Waals surface area contributed by atoms with Crippen LogP contribution in [-0.4, -0.2) is 21.8 Å². The fourth-order valence-corrected chi connectivity index (χ4v) is 2.64. The Balaban J connectivity index is 1.68. The van der Waals surface area contributed by atoms with E-state index in [2.05, 4.69) is 20.6 Å². The number of pyridine rings is 2. The molecule has 0 unspecified atom stereocenters. The molecule has 0 saturated carbocycles. The number of rotatable bonds is 5. The van der Waals surface area contributed by atoms with E-state index >= 15 is 0 Å². The van der Waals surface area contributed by atoms with Crippen LogP contribution in [0.25, 0.3) is 11.3 Å². The van der Waals surface area contributed by atoms with Crippen LogP contribution < -0.4 is 10.6 Å². The number of hydrogen-bond acceptors (Lipinski definition) is 4. The highest BCUT2D eigenvalue weighted by atomic mass is 16.2. The zero-order chi connectivity index (χ0) is 19.2. The summed E-state index contributed by atoms with van der Waals surface area (Å²) in [5.41, 5.74) is 4.83. The third-order valence-electron chi connectivity index (χ3n) is 4.03. The number of aryl methyl sites for hydroxylation is 1. The molecule has 2 aromatic heterocycles. The van der Waals surface area contributed by atoms with E-state index in [0.717, 1.165) is 28.1 Å². The van der Waals surface area contributed by atoms with Crippen molar-refractivity contribution in [2.45, 2.75) is 20.4 Å². The average molecular weight is 360 g/mol. The van der Waals surface area contributed by atoms with Gasteiger partial charge in [-0.05, 0) is 48.4 Å². The Morgan fingerprint density at radius 1 is 1.07 bits per heavy atom. The molecule has 3 rings (SSSR count). The van der Waals surface area contributed by atoms with Gasteiger partial charge in [0.1, 0.15) is 0 Å². The standard InChI is InChI=1S/C21H20N4O2/c1-14-10-17(5-7-19(14)25-15(2)26)20-8-6-18(13-23-20)21(27)24-12-16-4-3-9-22-11-16/h3-11,13H,12H2,1-2H3,(H,24,27)(H,25,26). The van der Waals surface area contributed by atoms with Crippen molar-refractivity contribution in [2.75, 3.05) is 5.32 Å². The Bertz CT molecular complexity index is 954. The van der Waals surface area contributed by atoms with Gasteiger partial charge in [0.15, 0.2) is 0 Å². The van der Waals surface area contributed by atoms with Gasteiger partial charge in [0.2, 0.25) is 5.91 Å². The van der Waals surface area contributed by atoms with Gasteiger partial charge in [-0.1, -0.05) is 12.1 Å². The van der Waals surface area contributed by atoms with Gasteiger partial charge in [-0.15, -0.1) is 0 Å². The lowest BCUT2D eigenvalue weighted by molar-refractivity contribution is -0.114. The van der Waals surface area contributed by atoms with Gasteiger partial charge in [-0.2, -0.15) is 0 Å². The number of carbonyl (C=O) groups excluding carboxylic acids is 2. The highest BCUT2D eigenvalue weighted by Gasteiger charge is 2.08. The molecule has 2 N–H and O–H groups in total. The van der Waals surface area contributed by atoms with E-state index in [0.29, 0.717) is 12.1 Å². The van der Waals surface area contributed by atoms with E-state index in [9.17, 15) is 9.59 Å². The predicted molar refractivity (Wildman–Crippen MR) is 104 cm³/mol. The molecule has 136 valence electrons. The van der Waals surface area contributed by atoms with E-state index in [1.165, 1.54) is 6.92 Å². The Hall–Kier alpha value is -3.54. The minimum absolute atomic E-state index is 0.106. The van der Waals surface area contributed by atoms with E-state index < -0.39 is 0 Å². The first-order chi connectivity index (χ1) is 13.0. The number of carbonyl (C=O) groups is 2. The van der Waals surface area contributed by atoms with Gasteiger partial charge in [-0.3, -0.25) is 19.6 Å². The lowest BCUT2D eigenvalue weighted by atomic mass is 10.1. The molecule has 0 saturated heterocycles. The number of hydrogen-bond donors (Lipinski definition) is 2. The summed E-state index contributed by atoms with van der Waals surface area (Å²) in [6, 6.07) is 13.0. The van der Waals surface area contributed by atoms with Crippen LogP contribution in [0.1, 0.15) is 28.4 Å². The predicted octanol–water partition coefficient (Wildman–Crippen LogP) is 3.34. The second-order valence-electron chi connectivity index (χ2n) is 6.19. The molecular weight excluding hydrogens is 340 g/mol. The smallest absolute Gasteiger partial charge is 0.253 e. The fourth-order valence-electron chi connectivity index (χ4n) is 2.64. The highest BCUT2D eigenvalue weighted by molar-refractivity contribution is 5.94. The summed E-state index contributed by atoms with van der Waals surface area (Å²) in [4.78, 5) is 31.9. The second-order valence-corrected chi connectivity index (χ2v) is 6.19. The molecule has 0 atom stereocenters. The molecule has 0 bridgehead atoms. The maximum absolute atomic E-state index is 12.3. The Morgan fingerprint density at radius 3 is 2.56 bits per heavy atom. The molecule has 0 aliphatic rings.